The van der Waals surface area contributed by atoms with E-state index in [2.05, 4.69) is 4.74 Å². The van der Waals surface area contributed by atoms with Crippen molar-refractivity contribution in [1.82, 2.24) is 0 Å². The highest BCUT2D eigenvalue weighted by Gasteiger charge is 2.74. The van der Waals surface area contributed by atoms with Crippen LogP contribution in [0.5, 0.6) is 0 Å². The molecule has 3 aliphatic rings. The maximum atomic E-state index is 12.9. The molecule has 9 unspecified atom stereocenters. The minimum Gasteiger partial charge on any atom is -0.367 e. The van der Waals surface area contributed by atoms with Gasteiger partial charge in [-0.3, -0.25) is 0 Å². The second kappa shape index (κ2) is 8.77. The molecule has 33 heavy (non-hydrogen) atoms. The summed E-state index contributed by atoms with van der Waals surface area (Å²) in [5, 5.41) is 31.7. The van der Waals surface area contributed by atoms with Crippen LogP contribution in [0.1, 0.15) is 53.4 Å². The fourth-order valence-electron chi connectivity index (χ4n) is 5.88. The van der Waals surface area contributed by atoms with Crippen LogP contribution in [0.2, 0.25) is 0 Å². The van der Waals surface area contributed by atoms with Crippen molar-refractivity contribution in [2.24, 2.45) is 28.6 Å². The van der Waals surface area contributed by atoms with Crippen molar-refractivity contribution in [3.05, 3.63) is 0 Å². The molecule has 194 valence electrons. The van der Waals surface area contributed by atoms with E-state index in [-0.39, 0.29) is 18.8 Å². The summed E-state index contributed by atoms with van der Waals surface area (Å²) in [4.78, 5) is 0. The van der Waals surface area contributed by atoms with Gasteiger partial charge in [-0.2, -0.15) is 26.3 Å². The fourth-order valence-corrected chi connectivity index (χ4v) is 5.88. The van der Waals surface area contributed by atoms with E-state index in [1.807, 2.05) is 27.7 Å². The lowest BCUT2D eigenvalue weighted by Crippen LogP contribution is -2.54. The molecule has 0 aromatic rings. The molecule has 0 aromatic carbocycles. The summed E-state index contributed by atoms with van der Waals surface area (Å²) in [5.74, 6) is -1.18. The SMILES string of the molecule is CCCC(C)(C(C)C)C(O)OC1C2CC3C1OC(O)C3(C(O)OC(C(F)(F)F)C(F)(F)F)C2. The van der Waals surface area contributed by atoms with E-state index < -0.39 is 72.2 Å². The number of aliphatic hydroxyl groups excluding tert-OH is 3. The van der Waals surface area contributed by atoms with Crippen LogP contribution < -0.4 is 0 Å². The predicted molar refractivity (Wildman–Crippen MR) is 101 cm³/mol. The van der Waals surface area contributed by atoms with Crippen LogP contribution >= 0.6 is 0 Å². The van der Waals surface area contributed by atoms with Crippen molar-refractivity contribution in [2.75, 3.05) is 0 Å². The third-order valence-corrected chi connectivity index (χ3v) is 8.07. The highest BCUT2D eigenvalue weighted by atomic mass is 19.4. The Labute approximate surface area is 188 Å². The third kappa shape index (κ3) is 4.40. The lowest BCUT2D eigenvalue weighted by atomic mass is 9.71. The van der Waals surface area contributed by atoms with Gasteiger partial charge in [0.05, 0.1) is 17.6 Å². The molecule has 2 bridgehead atoms. The molecule has 9 atom stereocenters. The van der Waals surface area contributed by atoms with Crippen LogP contribution in [0.15, 0.2) is 0 Å². The summed E-state index contributed by atoms with van der Waals surface area (Å²) in [6.45, 7) is 7.72. The van der Waals surface area contributed by atoms with Gasteiger partial charge in [-0.25, -0.2) is 0 Å². The molecule has 2 saturated carbocycles. The van der Waals surface area contributed by atoms with Gasteiger partial charge in [-0.15, -0.1) is 0 Å². The number of hydrogen-bond donors (Lipinski definition) is 3. The van der Waals surface area contributed by atoms with Crippen LogP contribution in [0.3, 0.4) is 0 Å². The van der Waals surface area contributed by atoms with E-state index in [1.165, 1.54) is 0 Å². The average molecular weight is 494 g/mol. The number of hydrogen-bond acceptors (Lipinski definition) is 6. The number of halogens is 6. The van der Waals surface area contributed by atoms with Crippen molar-refractivity contribution in [3.8, 4) is 0 Å². The van der Waals surface area contributed by atoms with Crippen molar-refractivity contribution >= 4 is 0 Å². The quantitative estimate of drug-likeness (QED) is 0.335. The molecule has 1 saturated heterocycles. The summed E-state index contributed by atoms with van der Waals surface area (Å²) in [7, 11) is 0. The standard InChI is InChI=1S/C21H32F6O6/c1-5-6-18(4,9(2)3)15(28)31-12-10-7-11-13(12)32-16(29)19(11,8-10)17(30)33-14(20(22,23)24)21(25,26)27/h9-17,28-30H,5-8H2,1-4H3. The van der Waals surface area contributed by atoms with Crippen molar-refractivity contribution in [1.29, 1.82) is 0 Å². The molecule has 0 radical (unpaired) electrons. The van der Waals surface area contributed by atoms with Gasteiger partial charge >= 0.3 is 12.4 Å². The van der Waals surface area contributed by atoms with E-state index in [1.54, 1.807) is 0 Å². The monoisotopic (exact) mass is 494 g/mol. The van der Waals surface area contributed by atoms with Crippen molar-refractivity contribution in [3.63, 3.8) is 0 Å². The van der Waals surface area contributed by atoms with Gasteiger partial charge in [0, 0.05) is 11.3 Å². The molecule has 0 amide bonds. The Morgan fingerprint density at radius 2 is 1.67 bits per heavy atom. The van der Waals surface area contributed by atoms with Crippen molar-refractivity contribution in [2.45, 2.75) is 103 Å². The molecule has 3 N–H and O–H groups in total. The Bertz CT molecular complexity index is 688. The number of rotatable bonds is 9. The van der Waals surface area contributed by atoms with Crippen LogP contribution in [0.4, 0.5) is 26.3 Å². The summed E-state index contributed by atoms with van der Waals surface area (Å²) in [6, 6.07) is 0. The van der Waals surface area contributed by atoms with Crippen LogP contribution in [-0.2, 0) is 14.2 Å². The summed E-state index contributed by atoms with van der Waals surface area (Å²) < 4.78 is 93.2. The first kappa shape index (κ1) is 26.9. The first-order valence-corrected chi connectivity index (χ1v) is 11.1. The normalized spacial score (nSPS) is 37.7. The van der Waals surface area contributed by atoms with Gasteiger partial charge in [0.15, 0.2) is 18.9 Å². The highest BCUT2D eigenvalue weighted by Crippen LogP contribution is 2.66. The molecule has 3 fully saturated rings. The number of ether oxygens (including phenoxy) is 3. The van der Waals surface area contributed by atoms with Gasteiger partial charge in [-0.05, 0) is 31.1 Å². The molecule has 0 aromatic heterocycles. The third-order valence-electron chi connectivity index (χ3n) is 8.07. The first-order chi connectivity index (χ1) is 15.0. The zero-order chi connectivity index (χ0) is 25.1. The van der Waals surface area contributed by atoms with Crippen molar-refractivity contribution < 1.29 is 55.9 Å². The molecule has 3 rings (SSSR count). The lowest BCUT2D eigenvalue weighted by Gasteiger charge is -2.43. The molecule has 1 heterocycles. The Balaban J connectivity index is 1.78. The summed E-state index contributed by atoms with van der Waals surface area (Å²) in [5.41, 5.74) is -2.44. The Kier molecular flexibility index (Phi) is 7.16. The topological polar surface area (TPSA) is 88.4 Å². The zero-order valence-corrected chi connectivity index (χ0v) is 18.9. The Morgan fingerprint density at radius 3 is 2.15 bits per heavy atom. The molecule has 0 spiro atoms. The van der Waals surface area contributed by atoms with E-state index in [0.29, 0.717) is 6.42 Å². The largest absolute Gasteiger partial charge is 0.423 e. The smallest absolute Gasteiger partial charge is 0.367 e. The highest BCUT2D eigenvalue weighted by molar-refractivity contribution is 5.16. The first-order valence-electron chi connectivity index (χ1n) is 11.1. The van der Waals surface area contributed by atoms with Crippen LogP contribution in [0.25, 0.3) is 0 Å². The van der Waals surface area contributed by atoms with Gasteiger partial charge in [0.25, 0.3) is 6.10 Å². The molecule has 1 aliphatic heterocycles. The molecular formula is C21H32F6O6. The van der Waals surface area contributed by atoms with Gasteiger partial charge in [0.1, 0.15) is 0 Å². The summed E-state index contributed by atoms with van der Waals surface area (Å²) in [6.07, 6.45) is -21.5. The van der Waals surface area contributed by atoms with E-state index in [9.17, 15) is 41.7 Å². The van der Waals surface area contributed by atoms with E-state index in [4.69, 9.17) is 9.47 Å². The Morgan fingerprint density at radius 1 is 1.09 bits per heavy atom. The number of aliphatic hydroxyl groups is 3. The lowest BCUT2D eigenvalue weighted by molar-refractivity contribution is -0.369. The maximum absolute atomic E-state index is 12.9. The number of fused-ring (bicyclic) bond motifs is 1. The van der Waals surface area contributed by atoms with Gasteiger partial charge in [0.2, 0.25) is 0 Å². The minimum atomic E-state index is -5.80. The zero-order valence-electron chi connectivity index (χ0n) is 18.9. The minimum absolute atomic E-state index is 0.0529. The van der Waals surface area contributed by atoms with Gasteiger partial charge in [-0.1, -0.05) is 34.1 Å². The molecular weight excluding hydrogens is 462 g/mol. The number of alkyl halides is 6. The van der Waals surface area contributed by atoms with E-state index >= 15 is 0 Å². The molecule has 2 aliphatic carbocycles. The molecule has 12 heteroatoms. The van der Waals surface area contributed by atoms with Crippen LogP contribution in [0, 0.1) is 28.6 Å². The predicted octanol–water partition coefficient (Wildman–Crippen LogP) is 3.72. The maximum Gasteiger partial charge on any atom is 0.423 e. The second-order valence-corrected chi connectivity index (χ2v) is 10.2. The summed E-state index contributed by atoms with van der Waals surface area (Å²) >= 11 is 0. The van der Waals surface area contributed by atoms with E-state index in [0.717, 1.165) is 6.42 Å². The fraction of sp³-hybridized carbons (Fsp3) is 1.00. The molecule has 6 nitrogen and oxygen atoms in total. The van der Waals surface area contributed by atoms with Crippen LogP contribution in [-0.4, -0.2) is 64.9 Å². The average Bonchev–Trinajstić information content (AvgIpc) is 3.26. The Hall–Kier alpha value is -0.660. The van der Waals surface area contributed by atoms with Gasteiger partial charge < -0.3 is 29.5 Å². The second-order valence-electron chi connectivity index (χ2n) is 10.2.